The van der Waals surface area contributed by atoms with Gasteiger partial charge in [-0.2, -0.15) is 0 Å². The van der Waals surface area contributed by atoms with Crippen LogP contribution in [0.1, 0.15) is 46.5 Å². The van der Waals surface area contributed by atoms with Gasteiger partial charge in [-0.25, -0.2) is 0 Å². The van der Waals surface area contributed by atoms with Crippen molar-refractivity contribution in [3.8, 4) is 0 Å². The Bertz CT molecular complexity index is 301. The summed E-state index contributed by atoms with van der Waals surface area (Å²) in [6, 6.07) is 0. The predicted octanol–water partition coefficient (Wildman–Crippen LogP) is 2.29. The molecule has 0 saturated heterocycles. The monoisotopic (exact) mass is 255 g/mol. The zero-order valence-corrected chi connectivity index (χ0v) is 11.6. The van der Waals surface area contributed by atoms with Crippen molar-refractivity contribution in [1.82, 2.24) is 5.32 Å². The number of nitrogens with one attached hydrogen (secondary N) is 1. The van der Waals surface area contributed by atoms with Gasteiger partial charge in [-0.05, 0) is 36.5 Å². The number of amides is 1. The van der Waals surface area contributed by atoms with Crippen molar-refractivity contribution in [2.75, 3.05) is 6.54 Å². The van der Waals surface area contributed by atoms with E-state index >= 15 is 0 Å². The van der Waals surface area contributed by atoms with Gasteiger partial charge in [0.2, 0.25) is 5.91 Å². The normalized spacial score (nSPS) is 28.1. The summed E-state index contributed by atoms with van der Waals surface area (Å²) in [6.07, 6.45) is 4.00. The maximum absolute atomic E-state index is 11.7. The first kappa shape index (κ1) is 15.0. The van der Waals surface area contributed by atoms with Crippen molar-refractivity contribution in [3.05, 3.63) is 0 Å². The Labute approximate surface area is 109 Å². The summed E-state index contributed by atoms with van der Waals surface area (Å²) in [5.41, 5.74) is 0. The Kier molecular flexibility index (Phi) is 5.63. The van der Waals surface area contributed by atoms with Gasteiger partial charge in [-0.3, -0.25) is 9.59 Å². The van der Waals surface area contributed by atoms with Crippen LogP contribution in [0.4, 0.5) is 0 Å². The van der Waals surface area contributed by atoms with E-state index in [0.717, 1.165) is 6.42 Å². The molecule has 1 rings (SSSR count). The van der Waals surface area contributed by atoms with Gasteiger partial charge < -0.3 is 10.4 Å². The van der Waals surface area contributed by atoms with E-state index in [-0.39, 0.29) is 12.5 Å². The van der Waals surface area contributed by atoms with Crippen LogP contribution >= 0.6 is 0 Å². The molecule has 1 aliphatic rings. The molecule has 3 unspecified atom stereocenters. The molecule has 1 saturated carbocycles. The molecule has 3 atom stereocenters. The molecule has 0 bridgehead atoms. The van der Waals surface area contributed by atoms with Crippen LogP contribution in [-0.2, 0) is 9.59 Å². The number of carboxylic acids is 1. The lowest BCUT2D eigenvalue weighted by Crippen LogP contribution is -2.35. The number of aliphatic carboxylic acids is 1. The number of carbonyl (C=O) groups is 2. The molecule has 0 aromatic heterocycles. The third-order valence-corrected chi connectivity index (χ3v) is 4.04. The van der Waals surface area contributed by atoms with Gasteiger partial charge in [0, 0.05) is 6.42 Å². The SMILES string of the molecule is CC1CCC(C(C)C)C(CC(=O)NCC(=O)O)C1. The number of carbonyl (C=O) groups excluding carboxylic acids is 1. The van der Waals surface area contributed by atoms with Gasteiger partial charge in [0.1, 0.15) is 6.54 Å². The van der Waals surface area contributed by atoms with E-state index in [1.165, 1.54) is 12.8 Å². The lowest BCUT2D eigenvalue weighted by Gasteiger charge is -2.37. The Morgan fingerprint density at radius 2 is 2.00 bits per heavy atom. The zero-order chi connectivity index (χ0) is 13.7. The first-order valence-corrected chi connectivity index (χ1v) is 6.88. The third kappa shape index (κ3) is 4.67. The highest BCUT2D eigenvalue weighted by atomic mass is 16.4. The average molecular weight is 255 g/mol. The summed E-state index contributed by atoms with van der Waals surface area (Å²) >= 11 is 0. The Morgan fingerprint density at radius 3 is 2.56 bits per heavy atom. The molecule has 4 heteroatoms. The van der Waals surface area contributed by atoms with Crippen LogP contribution < -0.4 is 5.32 Å². The first-order valence-electron chi connectivity index (χ1n) is 6.88. The van der Waals surface area contributed by atoms with Gasteiger partial charge in [-0.1, -0.05) is 27.2 Å². The Hall–Kier alpha value is -1.06. The molecule has 0 aromatic carbocycles. The van der Waals surface area contributed by atoms with E-state index in [0.29, 0.717) is 30.1 Å². The summed E-state index contributed by atoms with van der Waals surface area (Å²) in [7, 11) is 0. The topological polar surface area (TPSA) is 66.4 Å². The van der Waals surface area contributed by atoms with Crippen molar-refractivity contribution in [2.45, 2.75) is 46.5 Å². The van der Waals surface area contributed by atoms with E-state index in [1.54, 1.807) is 0 Å². The molecule has 0 aliphatic heterocycles. The van der Waals surface area contributed by atoms with E-state index in [9.17, 15) is 9.59 Å². The summed E-state index contributed by atoms with van der Waals surface area (Å²) in [4.78, 5) is 22.1. The molecule has 1 amide bonds. The fourth-order valence-electron chi connectivity index (χ4n) is 3.12. The predicted molar refractivity (Wildman–Crippen MR) is 70.1 cm³/mol. The van der Waals surface area contributed by atoms with Gasteiger partial charge in [0.05, 0.1) is 0 Å². The molecule has 1 fully saturated rings. The molecule has 18 heavy (non-hydrogen) atoms. The molecule has 0 radical (unpaired) electrons. The molecule has 1 aliphatic carbocycles. The molecule has 0 aromatic rings. The molecule has 2 N–H and O–H groups in total. The fourth-order valence-corrected chi connectivity index (χ4v) is 3.12. The summed E-state index contributed by atoms with van der Waals surface area (Å²) in [5, 5.41) is 11.0. The smallest absolute Gasteiger partial charge is 0.322 e. The maximum Gasteiger partial charge on any atom is 0.322 e. The van der Waals surface area contributed by atoms with Crippen LogP contribution in [0.3, 0.4) is 0 Å². The summed E-state index contributed by atoms with van der Waals surface area (Å²) < 4.78 is 0. The van der Waals surface area contributed by atoms with Crippen molar-refractivity contribution in [2.24, 2.45) is 23.7 Å². The van der Waals surface area contributed by atoms with E-state index in [2.05, 4.69) is 26.1 Å². The Balaban J connectivity index is 2.49. The lowest BCUT2D eigenvalue weighted by molar-refractivity contribution is -0.138. The van der Waals surface area contributed by atoms with Gasteiger partial charge in [0.25, 0.3) is 0 Å². The highest BCUT2D eigenvalue weighted by Gasteiger charge is 2.31. The number of hydrogen-bond acceptors (Lipinski definition) is 2. The van der Waals surface area contributed by atoms with Gasteiger partial charge in [0.15, 0.2) is 0 Å². The summed E-state index contributed by atoms with van der Waals surface area (Å²) in [5.74, 6) is 1.16. The second-order valence-electron chi connectivity index (χ2n) is 5.96. The highest BCUT2D eigenvalue weighted by Crippen LogP contribution is 2.39. The van der Waals surface area contributed by atoms with Crippen molar-refractivity contribution >= 4 is 11.9 Å². The fraction of sp³-hybridized carbons (Fsp3) is 0.857. The second-order valence-corrected chi connectivity index (χ2v) is 5.96. The molecule has 4 nitrogen and oxygen atoms in total. The third-order valence-electron chi connectivity index (χ3n) is 4.04. The van der Waals surface area contributed by atoms with Crippen LogP contribution in [-0.4, -0.2) is 23.5 Å². The molecular weight excluding hydrogens is 230 g/mol. The van der Waals surface area contributed by atoms with E-state index in [4.69, 9.17) is 5.11 Å². The highest BCUT2D eigenvalue weighted by molar-refractivity contribution is 5.81. The van der Waals surface area contributed by atoms with Crippen LogP contribution in [0.2, 0.25) is 0 Å². The largest absolute Gasteiger partial charge is 0.480 e. The minimum Gasteiger partial charge on any atom is -0.480 e. The molecule has 0 heterocycles. The lowest BCUT2D eigenvalue weighted by atomic mass is 9.69. The number of hydrogen-bond donors (Lipinski definition) is 2. The van der Waals surface area contributed by atoms with E-state index in [1.807, 2.05) is 0 Å². The molecular formula is C14H25NO3. The van der Waals surface area contributed by atoms with Crippen molar-refractivity contribution in [1.29, 1.82) is 0 Å². The zero-order valence-electron chi connectivity index (χ0n) is 11.6. The van der Waals surface area contributed by atoms with Crippen LogP contribution in [0.5, 0.6) is 0 Å². The van der Waals surface area contributed by atoms with Crippen LogP contribution in [0.15, 0.2) is 0 Å². The summed E-state index contributed by atoms with van der Waals surface area (Å²) in [6.45, 7) is 6.39. The van der Waals surface area contributed by atoms with Gasteiger partial charge >= 0.3 is 5.97 Å². The van der Waals surface area contributed by atoms with Crippen molar-refractivity contribution in [3.63, 3.8) is 0 Å². The van der Waals surface area contributed by atoms with Crippen LogP contribution in [0, 0.1) is 23.7 Å². The first-order chi connectivity index (χ1) is 8.40. The molecule has 104 valence electrons. The van der Waals surface area contributed by atoms with Gasteiger partial charge in [-0.15, -0.1) is 0 Å². The Morgan fingerprint density at radius 1 is 1.33 bits per heavy atom. The van der Waals surface area contributed by atoms with E-state index < -0.39 is 5.97 Å². The molecule has 0 spiro atoms. The standard InChI is InChI=1S/C14H25NO3/c1-9(2)12-5-4-10(3)6-11(12)7-13(16)15-8-14(17)18/h9-12H,4-8H2,1-3H3,(H,15,16)(H,17,18). The quantitative estimate of drug-likeness (QED) is 0.792. The second kappa shape index (κ2) is 6.76. The number of carboxylic acid groups (broad SMARTS) is 1. The minimum atomic E-state index is -0.985. The maximum atomic E-state index is 11.7. The minimum absolute atomic E-state index is 0.123. The number of rotatable bonds is 5. The van der Waals surface area contributed by atoms with Crippen LogP contribution in [0.25, 0.3) is 0 Å². The average Bonchev–Trinajstić information content (AvgIpc) is 2.26. The van der Waals surface area contributed by atoms with Crippen molar-refractivity contribution < 1.29 is 14.7 Å².